The van der Waals surface area contributed by atoms with Crippen LogP contribution < -0.4 is 5.73 Å². The Morgan fingerprint density at radius 3 is 2.85 bits per heavy atom. The standard InChI is InChI=1S/C15H15FN2O2/c16-8-10-20-18-9-7-12-6-5-11-3-1-2-4-13(11)14(12)15(17)19/h1-6,9H,7-8,10H2,(H2,17,19). The van der Waals surface area contributed by atoms with Gasteiger partial charge in [0.15, 0.2) is 0 Å². The monoisotopic (exact) mass is 274 g/mol. The number of nitrogens with two attached hydrogens (primary N) is 1. The van der Waals surface area contributed by atoms with E-state index in [1.54, 1.807) is 0 Å². The molecule has 2 aromatic carbocycles. The summed E-state index contributed by atoms with van der Waals surface area (Å²) in [5.41, 5.74) is 6.72. The van der Waals surface area contributed by atoms with Gasteiger partial charge in [-0.25, -0.2) is 4.39 Å². The molecule has 1 amide bonds. The van der Waals surface area contributed by atoms with Crippen LogP contribution in [0, 0.1) is 0 Å². The Morgan fingerprint density at radius 1 is 1.30 bits per heavy atom. The highest BCUT2D eigenvalue weighted by Crippen LogP contribution is 2.22. The van der Waals surface area contributed by atoms with Gasteiger partial charge in [-0.3, -0.25) is 4.79 Å². The Kier molecular flexibility index (Phi) is 4.65. The van der Waals surface area contributed by atoms with Crippen molar-refractivity contribution in [2.75, 3.05) is 13.3 Å². The number of carbonyl (C=O) groups excluding carboxylic acids is 1. The fourth-order valence-corrected chi connectivity index (χ4v) is 2.05. The zero-order chi connectivity index (χ0) is 14.4. The number of rotatable bonds is 6. The second kappa shape index (κ2) is 6.65. The SMILES string of the molecule is NC(=O)c1c(CC=NOCCF)ccc2ccccc12. The lowest BCUT2D eigenvalue weighted by Gasteiger charge is -2.08. The van der Waals surface area contributed by atoms with Crippen LogP contribution in [-0.2, 0) is 11.3 Å². The molecule has 0 spiro atoms. The summed E-state index contributed by atoms with van der Waals surface area (Å²) in [6, 6.07) is 11.3. The van der Waals surface area contributed by atoms with Gasteiger partial charge >= 0.3 is 0 Å². The van der Waals surface area contributed by atoms with E-state index < -0.39 is 12.6 Å². The number of fused-ring (bicyclic) bond motifs is 1. The van der Waals surface area contributed by atoms with Gasteiger partial charge in [0.2, 0.25) is 5.91 Å². The van der Waals surface area contributed by atoms with Gasteiger partial charge < -0.3 is 10.6 Å². The first kappa shape index (κ1) is 14.0. The zero-order valence-corrected chi connectivity index (χ0v) is 10.9. The second-order valence-electron chi connectivity index (χ2n) is 4.20. The summed E-state index contributed by atoms with van der Waals surface area (Å²) >= 11 is 0. The highest BCUT2D eigenvalue weighted by atomic mass is 19.1. The van der Waals surface area contributed by atoms with Gasteiger partial charge in [0.1, 0.15) is 13.3 Å². The molecule has 0 aliphatic carbocycles. The molecule has 2 aromatic rings. The summed E-state index contributed by atoms with van der Waals surface area (Å²) < 4.78 is 11.8. The van der Waals surface area contributed by atoms with Gasteiger partial charge in [0.25, 0.3) is 0 Å². The van der Waals surface area contributed by atoms with Crippen LogP contribution in [0.4, 0.5) is 4.39 Å². The number of amides is 1. The number of nitrogens with zero attached hydrogens (tertiary/aromatic N) is 1. The van der Waals surface area contributed by atoms with Gasteiger partial charge in [-0.15, -0.1) is 0 Å². The molecule has 104 valence electrons. The van der Waals surface area contributed by atoms with E-state index in [0.29, 0.717) is 12.0 Å². The topological polar surface area (TPSA) is 64.7 Å². The third-order valence-corrected chi connectivity index (χ3v) is 2.89. The molecule has 0 atom stereocenters. The first-order valence-electron chi connectivity index (χ1n) is 6.24. The molecule has 4 nitrogen and oxygen atoms in total. The van der Waals surface area contributed by atoms with Crippen molar-refractivity contribution in [3.63, 3.8) is 0 Å². The minimum absolute atomic E-state index is 0.0725. The van der Waals surface area contributed by atoms with Crippen LogP contribution in [0.5, 0.6) is 0 Å². The average Bonchev–Trinajstić information content (AvgIpc) is 2.46. The van der Waals surface area contributed by atoms with E-state index in [1.807, 2.05) is 36.4 Å². The van der Waals surface area contributed by atoms with Gasteiger partial charge in [0.05, 0.1) is 5.56 Å². The maximum atomic E-state index is 11.8. The third-order valence-electron chi connectivity index (χ3n) is 2.89. The van der Waals surface area contributed by atoms with E-state index in [2.05, 4.69) is 9.99 Å². The first-order valence-corrected chi connectivity index (χ1v) is 6.24. The van der Waals surface area contributed by atoms with Gasteiger partial charge in [0, 0.05) is 12.6 Å². The van der Waals surface area contributed by atoms with Crippen LogP contribution in [0.15, 0.2) is 41.6 Å². The van der Waals surface area contributed by atoms with Gasteiger partial charge in [-0.1, -0.05) is 41.6 Å². The van der Waals surface area contributed by atoms with Crippen molar-refractivity contribution in [1.82, 2.24) is 0 Å². The van der Waals surface area contributed by atoms with Crippen molar-refractivity contribution < 1.29 is 14.0 Å². The van der Waals surface area contributed by atoms with Crippen LogP contribution in [0.1, 0.15) is 15.9 Å². The van der Waals surface area contributed by atoms with Crippen molar-refractivity contribution in [3.8, 4) is 0 Å². The van der Waals surface area contributed by atoms with Gasteiger partial charge in [-0.2, -0.15) is 0 Å². The molecule has 0 heterocycles. The summed E-state index contributed by atoms with van der Waals surface area (Å²) in [5.74, 6) is -0.477. The molecular formula is C15H15FN2O2. The molecule has 0 aliphatic rings. The van der Waals surface area contributed by atoms with Crippen LogP contribution in [0.3, 0.4) is 0 Å². The fourth-order valence-electron chi connectivity index (χ4n) is 2.05. The molecule has 0 bridgehead atoms. The molecule has 2 rings (SSSR count). The Hall–Kier alpha value is -2.43. The maximum absolute atomic E-state index is 11.8. The summed E-state index contributed by atoms with van der Waals surface area (Å²) in [5, 5.41) is 5.39. The summed E-state index contributed by atoms with van der Waals surface area (Å²) in [4.78, 5) is 16.3. The summed E-state index contributed by atoms with van der Waals surface area (Å²) in [7, 11) is 0. The lowest BCUT2D eigenvalue weighted by Crippen LogP contribution is -2.14. The minimum atomic E-state index is -0.583. The molecule has 0 fully saturated rings. The number of hydrogen-bond acceptors (Lipinski definition) is 3. The minimum Gasteiger partial charge on any atom is -0.393 e. The molecule has 0 aromatic heterocycles. The number of alkyl halides is 1. The lowest BCUT2D eigenvalue weighted by atomic mass is 9.97. The maximum Gasteiger partial charge on any atom is 0.249 e. The normalized spacial score (nSPS) is 11.1. The quantitative estimate of drug-likeness (QED) is 0.499. The van der Waals surface area contributed by atoms with E-state index in [4.69, 9.17) is 5.73 Å². The largest absolute Gasteiger partial charge is 0.393 e. The Labute approximate surface area is 116 Å². The summed E-state index contributed by atoms with van der Waals surface area (Å²) in [6.45, 7) is -0.656. The average molecular weight is 274 g/mol. The van der Waals surface area contributed by atoms with Crippen LogP contribution in [0.25, 0.3) is 10.8 Å². The molecule has 0 saturated carbocycles. The summed E-state index contributed by atoms with van der Waals surface area (Å²) in [6.07, 6.45) is 1.89. The molecule has 0 unspecified atom stereocenters. The number of hydrogen-bond donors (Lipinski definition) is 1. The Balaban J connectivity index is 2.31. The predicted molar refractivity (Wildman–Crippen MR) is 76.6 cm³/mol. The fraction of sp³-hybridized carbons (Fsp3) is 0.200. The highest BCUT2D eigenvalue weighted by Gasteiger charge is 2.11. The Bertz CT molecular complexity index is 641. The van der Waals surface area contributed by atoms with Crippen LogP contribution >= 0.6 is 0 Å². The molecule has 20 heavy (non-hydrogen) atoms. The smallest absolute Gasteiger partial charge is 0.249 e. The van der Waals surface area contributed by atoms with E-state index in [-0.39, 0.29) is 6.61 Å². The highest BCUT2D eigenvalue weighted by molar-refractivity contribution is 6.08. The van der Waals surface area contributed by atoms with Crippen molar-refractivity contribution in [2.45, 2.75) is 6.42 Å². The predicted octanol–water partition coefficient (Wildman–Crippen LogP) is 2.45. The van der Waals surface area contributed by atoms with E-state index >= 15 is 0 Å². The van der Waals surface area contributed by atoms with E-state index in [1.165, 1.54) is 6.21 Å². The first-order chi connectivity index (χ1) is 9.74. The van der Waals surface area contributed by atoms with Gasteiger partial charge in [-0.05, 0) is 16.3 Å². The molecule has 5 heteroatoms. The molecule has 0 radical (unpaired) electrons. The van der Waals surface area contributed by atoms with E-state index in [0.717, 1.165) is 16.3 Å². The third kappa shape index (κ3) is 3.12. The van der Waals surface area contributed by atoms with Crippen molar-refractivity contribution in [1.29, 1.82) is 0 Å². The van der Waals surface area contributed by atoms with Crippen molar-refractivity contribution >= 4 is 22.9 Å². The lowest BCUT2D eigenvalue weighted by molar-refractivity contribution is 0.100. The number of benzene rings is 2. The number of halogens is 1. The van der Waals surface area contributed by atoms with Crippen molar-refractivity contribution in [3.05, 3.63) is 47.5 Å². The van der Waals surface area contributed by atoms with E-state index in [9.17, 15) is 9.18 Å². The molecule has 0 aliphatic heterocycles. The van der Waals surface area contributed by atoms with Crippen LogP contribution in [0.2, 0.25) is 0 Å². The van der Waals surface area contributed by atoms with Crippen molar-refractivity contribution in [2.24, 2.45) is 10.9 Å². The molecule has 2 N–H and O–H groups in total. The number of carbonyl (C=O) groups is 1. The van der Waals surface area contributed by atoms with Crippen LogP contribution in [-0.4, -0.2) is 25.4 Å². The number of oxime groups is 1. The molecule has 0 saturated heterocycles. The molecular weight excluding hydrogens is 259 g/mol. The zero-order valence-electron chi connectivity index (χ0n) is 10.9. The second-order valence-corrected chi connectivity index (χ2v) is 4.20. The number of primary amides is 1. The Morgan fingerprint density at radius 2 is 2.10 bits per heavy atom.